The van der Waals surface area contributed by atoms with E-state index in [0.717, 1.165) is 49.8 Å². The van der Waals surface area contributed by atoms with Crippen molar-refractivity contribution in [3.63, 3.8) is 0 Å². The van der Waals surface area contributed by atoms with Crippen LogP contribution in [-0.2, 0) is 12.8 Å². The third kappa shape index (κ3) is 2.27. The fourth-order valence-corrected chi connectivity index (χ4v) is 4.23. The standard InChI is InChI=1S/C16H23N3O2/c1-19(12-8-10-6-7-11(9-12)17-10)16(20)15-13-4-2-3-5-14(13)21-18-15/h10-12,17H,2-9H2,1H3. The molecule has 2 aliphatic heterocycles. The Bertz CT molecular complexity index is 542. The molecule has 0 saturated carbocycles. The Kier molecular flexibility index (Phi) is 3.25. The maximum atomic E-state index is 12.8. The van der Waals surface area contributed by atoms with Crippen LogP contribution in [0.4, 0.5) is 0 Å². The third-order valence-electron chi connectivity index (χ3n) is 5.47. The van der Waals surface area contributed by atoms with Gasteiger partial charge >= 0.3 is 0 Å². The molecule has 3 aliphatic rings. The minimum atomic E-state index is 0.0493. The molecule has 5 heteroatoms. The molecule has 0 spiro atoms. The molecule has 1 aromatic heterocycles. The molecule has 21 heavy (non-hydrogen) atoms. The molecule has 0 aromatic carbocycles. The molecular formula is C16H23N3O2. The minimum Gasteiger partial charge on any atom is -0.360 e. The number of fused-ring (bicyclic) bond motifs is 3. The van der Waals surface area contributed by atoms with E-state index in [4.69, 9.17) is 4.52 Å². The fraction of sp³-hybridized carbons (Fsp3) is 0.750. The normalized spacial score (nSPS) is 31.0. The fourth-order valence-electron chi connectivity index (χ4n) is 4.23. The van der Waals surface area contributed by atoms with E-state index in [1.165, 1.54) is 12.8 Å². The van der Waals surface area contributed by atoms with Crippen LogP contribution in [0.3, 0.4) is 0 Å². The van der Waals surface area contributed by atoms with E-state index in [9.17, 15) is 4.79 Å². The van der Waals surface area contributed by atoms with Gasteiger partial charge in [-0.25, -0.2) is 0 Å². The zero-order valence-electron chi connectivity index (χ0n) is 12.6. The lowest BCUT2D eigenvalue weighted by atomic mass is 9.95. The van der Waals surface area contributed by atoms with Gasteiger partial charge in [0.25, 0.3) is 5.91 Å². The predicted octanol–water partition coefficient (Wildman–Crippen LogP) is 1.91. The maximum absolute atomic E-state index is 12.8. The Labute approximate surface area is 125 Å². The number of rotatable bonds is 2. The number of carbonyl (C=O) groups is 1. The summed E-state index contributed by atoms with van der Waals surface area (Å²) >= 11 is 0. The van der Waals surface area contributed by atoms with Gasteiger partial charge in [0.2, 0.25) is 0 Å². The van der Waals surface area contributed by atoms with E-state index in [1.807, 2.05) is 11.9 Å². The molecule has 1 amide bonds. The van der Waals surface area contributed by atoms with Crippen LogP contribution in [0.2, 0.25) is 0 Å². The van der Waals surface area contributed by atoms with Crippen molar-refractivity contribution in [2.75, 3.05) is 7.05 Å². The molecule has 1 aromatic rings. The summed E-state index contributed by atoms with van der Waals surface area (Å²) in [4.78, 5) is 14.7. The molecule has 0 radical (unpaired) electrons. The summed E-state index contributed by atoms with van der Waals surface area (Å²) in [6, 6.07) is 1.53. The van der Waals surface area contributed by atoms with Gasteiger partial charge in [0, 0.05) is 37.2 Å². The number of amides is 1. The molecule has 114 valence electrons. The van der Waals surface area contributed by atoms with E-state index in [0.29, 0.717) is 23.8 Å². The van der Waals surface area contributed by atoms with Crippen LogP contribution in [0.25, 0.3) is 0 Å². The first-order valence-corrected chi connectivity index (χ1v) is 8.23. The van der Waals surface area contributed by atoms with Gasteiger partial charge in [-0.15, -0.1) is 0 Å². The van der Waals surface area contributed by atoms with Crippen LogP contribution in [0.1, 0.15) is 60.3 Å². The molecule has 2 bridgehead atoms. The zero-order chi connectivity index (χ0) is 14.4. The predicted molar refractivity (Wildman–Crippen MR) is 78.2 cm³/mol. The Morgan fingerprint density at radius 3 is 2.71 bits per heavy atom. The van der Waals surface area contributed by atoms with E-state index in [2.05, 4.69) is 10.5 Å². The highest BCUT2D eigenvalue weighted by Gasteiger charge is 2.37. The van der Waals surface area contributed by atoms with Crippen molar-refractivity contribution in [3.8, 4) is 0 Å². The maximum Gasteiger partial charge on any atom is 0.276 e. The van der Waals surface area contributed by atoms with Crippen molar-refractivity contribution < 1.29 is 9.32 Å². The molecule has 4 rings (SSSR count). The van der Waals surface area contributed by atoms with Gasteiger partial charge in [0.1, 0.15) is 5.76 Å². The highest BCUT2D eigenvalue weighted by Crippen LogP contribution is 2.31. The molecule has 3 heterocycles. The van der Waals surface area contributed by atoms with Gasteiger partial charge in [-0.05, 0) is 44.9 Å². The quantitative estimate of drug-likeness (QED) is 0.903. The summed E-state index contributed by atoms with van der Waals surface area (Å²) in [5, 5.41) is 7.71. The van der Waals surface area contributed by atoms with Gasteiger partial charge in [0.05, 0.1) is 0 Å². The van der Waals surface area contributed by atoms with E-state index in [1.54, 1.807) is 0 Å². The van der Waals surface area contributed by atoms with E-state index in [-0.39, 0.29) is 5.91 Å². The summed E-state index contributed by atoms with van der Waals surface area (Å²) < 4.78 is 5.39. The minimum absolute atomic E-state index is 0.0493. The lowest BCUT2D eigenvalue weighted by Gasteiger charge is -2.35. The number of carbonyl (C=O) groups excluding carboxylic acids is 1. The number of hydrogen-bond donors (Lipinski definition) is 1. The van der Waals surface area contributed by atoms with Crippen LogP contribution in [-0.4, -0.2) is 41.1 Å². The highest BCUT2D eigenvalue weighted by molar-refractivity contribution is 5.94. The third-order valence-corrected chi connectivity index (χ3v) is 5.47. The van der Waals surface area contributed by atoms with Crippen LogP contribution >= 0.6 is 0 Å². The topological polar surface area (TPSA) is 58.4 Å². The van der Waals surface area contributed by atoms with Gasteiger partial charge in [-0.1, -0.05) is 5.16 Å². The summed E-state index contributed by atoms with van der Waals surface area (Å²) in [6.07, 6.45) is 8.78. The van der Waals surface area contributed by atoms with Crippen molar-refractivity contribution in [3.05, 3.63) is 17.0 Å². The number of nitrogens with zero attached hydrogens (tertiary/aromatic N) is 2. The zero-order valence-corrected chi connectivity index (χ0v) is 12.6. The van der Waals surface area contributed by atoms with E-state index >= 15 is 0 Å². The molecule has 1 N–H and O–H groups in total. The van der Waals surface area contributed by atoms with Crippen molar-refractivity contribution in [1.82, 2.24) is 15.4 Å². The first-order chi connectivity index (χ1) is 10.2. The monoisotopic (exact) mass is 289 g/mol. The van der Waals surface area contributed by atoms with Crippen molar-refractivity contribution in [1.29, 1.82) is 0 Å². The number of aryl methyl sites for hydroxylation is 1. The molecule has 2 fully saturated rings. The van der Waals surface area contributed by atoms with Gasteiger partial charge < -0.3 is 14.7 Å². The van der Waals surface area contributed by atoms with Crippen LogP contribution in [0, 0.1) is 0 Å². The molecular weight excluding hydrogens is 266 g/mol. The SMILES string of the molecule is CN(C(=O)c1noc2c1CCCC2)C1CC2CCC(C1)N2. The number of aromatic nitrogens is 1. The number of piperidine rings is 1. The first-order valence-electron chi connectivity index (χ1n) is 8.23. The van der Waals surface area contributed by atoms with Gasteiger partial charge in [-0.3, -0.25) is 4.79 Å². The van der Waals surface area contributed by atoms with Crippen molar-refractivity contribution >= 4 is 5.91 Å². The van der Waals surface area contributed by atoms with Crippen LogP contribution in [0.5, 0.6) is 0 Å². The average Bonchev–Trinajstić information content (AvgIpc) is 3.09. The Hall–Kier alpha value is -1.36. The average molecular weight is 289 g/mol. The second-order valence-electron chi connectivity index (χ2n) is 6.82. The Morgan fingerprint density at radius 1 is 1.24 bits per heavy atom. The molecule has 2 saturated heterocycles. The van der Waals surface area contributed by atoms with Gasteiger partial charge in [-0.2, -0.15) is 0 Å². The molecule has 2 atom stereocenters. The van der Waals surface area contributed by atoms with Crippen molar-refractivity contribution in [2.24, 2.45) is 0 Å². The smallest absolute Gasteiger partial charge is 0.276 e. The van der Waals surface area contributed by atoms with Crippen LogP contribution in [0.15, 0.2) is 4.52 Å². The van der Waals surface area contributed by atoms with Gasteiger partial charge in [0.15, 0.2) is 5.69 Å². The molecule has 5 nitrogen and oxygen atoms in total. The number of nitrogens with one attached hydrogen (secondary N) is 1. The van der Waals surface area contributed by atoms with Crippen LogP contribution < -0.4 is 5.32 Å². The summed E-state index contributed by atoms with van der Waals surface area (Å²) in [5.41, 5.74) is 1.63. The summed E-state index contributed by atoms with van der Waals surface area (Å²) in [6.45, 7) is 0. The Morgan fingerprint density at radius 2 is 1.95 bits per heavy atom. The van der Waals surface area contributed by atoms with Crippen molar-refractivity contribution in [2.45, 2.75) is 69.5 Å². The lowest BCUT2D eigenvalue weighted by molar-refractivity contribution is 0.0670. The molecule has 1 aliphatic carbocycles. The summed E-state index contributed by atoms with van der Waals surface area (Å²) in [7, 11) is 1.93. The molecule has 2 unspecified atom stereocenters. The second-order valence-corrected chi connectivity index (χ2v) is 6.82. The first kappa shape index (κ1) is 13.3. The Balaban J connectivity index is 1.53. The lowest BCUT2D eigenvalue weighted by Crippen LogP contribution is -2.48. The summed E-state index contributed by atoms with van der Waals surface area (Å²) in [5.74, 6) is 0.983. The number of hydrogen-bond acceptors (Lipinski definition) is 4. The largest absolute Gasteiger partial charge is 0.360 e. The second kappa shape index (κ2) is 5.13. The highest BCUT2D eigenvalue weighted by atomic mass is 16.5. The van der Waals surface area contributed by atoms with E-state index < -0.39 is 0 Å².